The van der Waals surface area contributed by atoms with Gasteiger partial charge in [0.2, 0.25) is 0 Å². The molecule has 0 spiro atoms. The van der Waals surface area contributed by atoms with Crippen molar-refractivity contribution in [1.29, 1.82) is 0 Å². The van der Waals surface area contributed by atoms with Crippen LogP contribution in [0, 0.1) is 0 Å². The van der Waals surface area contributed by atoms with E-state index in [0.717, 1.165) is 31.5 Å². The minimum atomic E-state index is -0.577. The third-order valence-corrected chi connectivity index (χ3v) is 3.32. The number of aliphatic hydroxyl groups is 2. The summed E-state index contributed by atoms with van der Waals surface area (Å²) in [6.07, 6.45) is 3.91. The molecule has 1 aromatic heterocycles. The zero-order valence-corrected chi connectivity index (χ0v) is 10.1. The summed E-state index contributed by atoms with van der Waals surface area (Å²) >= 11 is 0. The molecule has 0 aromatic carbocycles. The molecule has 2 N–H and O–H groups in total. The summed E-state index contributed by atoms with van der Waals surface area (Å²) in [5.41, 5.74) is -0.0201. The largest absolute Gasteiger partial charge is 0.390 e. The summed E-state index contributed by atoms with van der Waals surface area (Å²) in [4.78, 5) is 1.92. The number of hydrogen-bond donors (Lipinski definition) is 2. The third-order valence-electron chi connectivity index (χ3n) is 3.32. The van der Waals surface area contributed by atoms with E-state index in [4.69, 9.17) is 5.11 Å². The van der Waals surface area contributed by atoms with Gasteiger partial charge >= 0.3 is 0 Å². The first-order valence-corrected chi connectivity index (χ1v) is 6.00. The predicted octanol–water partition coefficient (Wildman–Crippen LogP) is 0.710. The predicted molar refractivity (Wildman–Crippen MR) is 64.6 cm³/mol. The fraction of sp³-hybridized carbons (Fsp3) is 0.667. The van der Waals surface area contributed by atoms with Crippen molar-refractivity contribution >= 4 is 5.82 Å². The van der Waals surface area contributed by atoms with E-state index in [1.807, 2.05) is 18.0 Å². The summed E-state index contributed by atoms with van der Waals surface area (Å²) in [5.74, 6) is 0.725. The van der Waals surface area contributed by atoms with Crippen LogP contribution in [0.5, 0.6) is 0 Å². The van der Waals surface area contributed by atoms with Crippen LogP contribution in [0.1, 0.15) is 31.4 Å². The minimum absolute atomic E-state index is 0.0963. The first-order valence-electron chi connectivity index (χ1n) is 6.00. The van der Waals surface area contributed by atoms with Gasteiger partial charge in [-0.3, -0.25) is 0 Å². The standard InChI is InChI=1S/C12H19N3O2/c1-15(9-12(17)6-2-3-7-12)11-5-4-10(8-16)13-14-11/h4-5,16-17H,2-3,6-9H2,1H3. The molecule has 94 valence electrons. The molecule has 0 radical (unpaired) electrons. The van der Waals surface area contributed by atoms with Gasteiger partial charge in [0, 0.05) is 13.6 Å². The highest BCUT2D eigenvalue weighted by atomic mass is 16.3. The number of rotatable bonds is 4. The van der Waals surface area contributed by atoms with Gasteiger partial charge in [0.25, 0.3) is 0 Å². The lowest BCUT2D eigenvalue weighted by Crippen LogP contribution is -2.39. The lowest BCUT2D eigenvalue weighted by atomic mass is 10.0. The average Bonchev–Trinajstić information content (AvgIpc) is 2.76. The van der Waals surface area contributed by atoms with Gasteiger partial charge in [0.15, 0.2) is 5.82 Å². The molecular weight excluding hydrogens is 218 g/mol. The molecule has 0 aliphatic heterocycles. The zero-order chi connectivity index (χ0) is 12.3. The molecule has 0 amide bonds. The van der Waals surface area contributed by atoms with E-state index in [1.165, 1.54) is 0 Å². The molecule has 1 aliphatic carbocycles. The van der Waals surface area contributed by atoms with E-state index in [2.05, 4.69) is 10.2 Å². The number of anilines is 1. The maximum atomic E-state index is 10.3. The second-order valence-electron chi connectivity index (χ2n) is 4.83. The maximum Gasteiger partial charge on any atom is 0.151 e. The van der Waals surface area contributed by atoms with Gasteiger partial charge in [-0.25, -0.2) is 0 Å². The number of nitrogens with zero attached hydrogens (tertiary/aromatic N) is 3. The van der Waals surface area contributed by atoms with Gasteiger partial charge in [-0.15, -0.1) is 5.10 Å². The Morgan fingerprint density at radius 1 is 1.29 bits per heavy atom. The molecular formula is C12H19N3O2. The Labute approximate surface area is 101 Å². The van der Waals surface area contributed by atoms with Gasteiger partial charge in [-0.1, -0.05) is 12.8 Å². The molecule has 1 aliphatic rings. The monoisotopic (exact) mass is 237 g/mol. The molecule has 1 saturated carbocycles. The number of aliphatic hydroxyl groups excluding tert-OH is 1. The second kappa shape index (κ2) is 4.98. The molecule has 1 heterocycles. The average molecular weight is 237 g/mol. The summed E-state index contributed by atoms with van der Waals surface area (Å²) in [5, 5.41) is 27.1. The van der Waals surface area contributed by atoms with Crippen LogP contribution in [0.3, 0.4) is 0 Å². The highest BCUT2D eigenvalue weighted by molar-refractivity contribution is 5.36. The van der Waals surface area contributed by atoms with Crippen molar-refractivity contribution < 1.29 is 10.2 Å². The van der Waals surface area contributed by atoms with E-state index in [9.17, 15) is 5.11 Å². The van der Waals surface area contributed by atoms with Crippen molar-refractivity contribution in [1.82, 2.24) is 10.2 Å². The van der Waals surface area contributed by atoms with Crippen molar-refractivity contribution in [3.63, 3.8) is 0 Å². The van der Waals surface area contributed by atoms with Crippen molar-refractivity contribution in [3.8, 4) is 0 Å². The van der Waals surface area contributed by atoms with E-state index in [1.54, 1.807) is 6.07 Å². The Bertz CT molecular complexity index is 361. The van der Waals surface area contributed by atoms with Crippen LogP contribution >= 0.6 is 0 Å². The topological polar surface area (TPSA) is 69.5 Å². The molecule has 0 atom stereocenters. The van der Waals surface area contributed by atoms with E-state index < -0.39 is 5.60 Å². The number of likely N-dealkylation sites (N-methyl/N-ethyl adjacent to an activating group) is 1. The van der Waals surface area contributed by atoms with Crippen LogP contribution < -0.4 is 4.90 Å². The summed E-state index contributed by atoms with van der Waals surface area (Å²) in [6, 6.07) is 3.56. The van der Waals surface area contributed by atoms with Crippen LogP contribution in [0.2, 0.25) is 0 Å². The highest BCUT2D eigenvalue weighted by Gasteiger charge is 2.32. The third kappa shape index (κ3) is 2.92. The van der Waals surface area contributed by atoms with E-state index in [0.29, 0.717) is 12.2 Å². The second-order valence-corrected chi connectivity index (χ2v) is 4.83. The molecule has 5 heteroatoms. The molecule has 0 saturated heterocycles. The molecule has 5 nitrogen and oxygen atoms in total. The molecule has 2 rings (SSSR count). The lowest BCUT2D eigenvalue weighted by Gasteiger charge is -2.28. The molecule has 17 heavy (non-hydrogen) atoms. The minimum Gasteiger partial charge on any atom is -0.390 e. The summed E-state index contributed by atoms with van der Waals surface area (Å²) < 4.78 is 0. The fourth-order valence-electron chi connectivity index (χ4n) is 2.35. The van der Waals surface area contributed by atoms with E-state index in [-0.39, 0.29) is 6.61 Å². The first-order chi connectivity index (χ1) is 8.13. The van der Waals surface area contributed by atoms with Crippen LogP contribution in [0.4, 0.5) is 5.82 Å². The maximum absolute atomic E-state index is 10.3. The van der Waals surface area contributed by atoms with Gasteiger partial charge in [0.1, 0.15) is 0 Å². The molecule has 1 aromatic rings. The smallest absolute Gasteiger partial charge is 0.151 e. The van der Waals surface area contributed by atoms with E-state index >= 15 is 0 Å². The summed E-state index contributed by atoms with van der Waals surface area (Å²) in [7, 11) is 1.90. The SMILES string of the molecule is CN(CC1(O)CCCC1)c1ccc(CO)nn1. The van der Waals surface area contributed by atoms with Crippen LogP contribution in [0.25, 0.3) is 0 Å². The summed E-state index contributed by atoms with van der Waals surface area (Å²) in [6.45, 7) is 0.487. The van der Waals surface area contributed by atoms with Gasteiger partial charge < -0.3 is 15.1 Å². The molecule has 0 unspecified atom stereocenters. The fourth-order valence-corrected chi connectivity index (χ4v) is 2.35. The van der Waals surface area contributed by atoms with Crippen LogP contribution in [0.15, 0.2) is 12.1 Å². The van der Waals surface area contributed by atoms with Crippen LogP contribution in [-0.4, -0.2) is 39.6 Å². The quantitative estimate of drug-likeness (QED) is 0.807. The van der Waals surface area contributed by atoms with Crippen molar-refractivity contribution in [2.45, 2.75) is 37.9 Å². The van der Waals surface area contributed by atoms with Crippen LogP contribution in [-0.2, 0) is 6.61 Å². The van der Waals surface area contributed by atoms with Crippen molar-refractivity contribution in [2.24, 2.45) is 0 Å². The van der Waals surface area contributed by atoms with Gasteiger partial charge in [0.05, 0.1) is 17.9 Å². The Hall–Kier alpha value is -1.20. The number of hydrogen-bond acceptors (Lipinski definition) is 5. The van der Waals surface area contributed by atoms with Gasteiger partial charge in [-0.05, 0) is 25.0 Å². The Morgan fingerprint density at radius 3 is 2.53 bits per heavy atom. The van der Waals surface area contributed by atoms with Gasteiger partial charge in [-0.2, -0.15) is 5.10 Å². The molecule has 1 fully saturated rings. The zero-order valence-electron chi connectivity index (χ0n) is 10.1. The Morgan fingerprint density at radius 2 is 2.00 bits per heavy atom. The Kier molecular flexibility index (Phi) is 3.59. The number of aromatic nitrogens is 2. The van der Waals surface area contributed by atoms with Crippen molar-refractivity contribution in [3.05, 3.63) is 17.8 Å². The normalized spacial score (nSPS) is 18.3. The highest BCUT2D eigenvalue weighted by Crippen LogP contribution is 2.30. The first kappa shape index (κ1) is 12.3. The Balaban J connectivity index is 2.01. The lowest BCUT2D eigenvalue weighted by molar-refractivity contribution is 0.0557. The molecule has 0 bridgehead atoms. The van der Waals surface area contributed by atoms with Crippen molar-refractivity contribution in [2.75, 3.05) is 18.5 Å².